The second kappa shape index (κ2) is 6.57. The number of nitrogens with two attached hydrogens (primary N) is 1. The van der Waals surface area contributed by atoms with Crippen molar-refractivity contribution in [1.29, 1.82) is 0 Å². The number of fused-ring (bicyclic) bond motifs is 1. The topological polar surface area (TPSA) is 53.1 Å². The molecule has 19 heavy (non-hydrogen) atoms. The van der Waals surface area contributed by atoms with E-state index in [-0.39, 0.29) is 0 Å². The number of hydrogen-bond donors (Lipinski definition) is 1. The van der Waals surface area contributed by atoms with Crippen LogP contribution in [0.25, 0.3) is 11.0 Å². The molecule has 1 aromatic carbocycles. The number of anilines is 1. The van der Waals surface area contributed by atoms with E-state index in [0.29, 0.717) is 0 Å². The molecule has 2 rings (SSSR count). The molecule has 0 unspecified atom stereocenters. The van der Waals surface area contributed by atoms with Gasteiger partial charge in [-0.15, -0.1) is 0 Å². The molecule has 1 heterocycles. The van der Waals surface area contributed by atoms with E-state index in [1.807, 2.05) is 12.1 Å². The Balaban J connectivity index is 2.11. The molecule has 4 nitrogen and oxygen atoms in total. The van der Waals surface area contributed by atoms with Crippen LogP contribution in [0.2, 0.25) is 0 Å². The van der Waals surface area contributed by atoms with E-state index < -0.39 is 0 Å². The predicted octanol–water partition coefficient (Wildman–Crippen LogP) is 3.00. The first-order chi connectivity index (χ1) is 9.26. The highest BCUT2D eigenvalue weighted by atomic mass is 16.5. The predicted molar refractivity (Wildman–Crippen MR) is 79.3 cm³/mol. The lowest BCUT2D eigenvalue weighted by molar-refractivity contribution is 0.129. The molecule has 0 radical (unpaired) electrons. The maximum Gasteiger partial charge on any atom is 0.109 e. The molecule has 0 aliphatic heterocycles. The largest absolute Gasteiger partial charge is 0.399 e. The van der Waals surface area contributed by atoms with Crippen LogP contribution >= 0.6 is 0 Å². The molecule has 0 aliphatic carbocycles. The summed E-state index contributed by atoms with van der Waals surface area (Å²) < 4.78 is 7.81. The second-order valence-electron chi connectivity index (χ2n) is 4.75. The molecule has 4 heteroatoms. The Morgan fingerprint density at radius 2 is 2.11 bits per heavy atom. The summed E-state index contributed by atoms with van der Waals surface area (Å²) in [5.41, 5.74) is 8.74. The van der Waals surface area contributed by atoms with Crippen LogP contribution < -0.4 is 5.73 Å². The second-order valence-corrected chi connectivity index (χ2v) is 4.75. The highest BCUT2D eigenvalue weighted by molar-refractivity contribution is 5.79. The SMILES string of the molecule is CCCOCCCn1c(CC)nc2cc(N)ccc21. The van der Waals surface area contributed by atoms with Gasteiger partial charge in [0.05, 0.1) is 11.0 Å². The first kappa shape index (κ1) is 13.9. The van der Waals surface area contributed by atoms with Crippen molar-refractivity contribution in [1.82, 2.24) is 9.55 Å². The Bertz CT molecular complexity index is 533. The van der Waals surface area contributed by atoms with Gasteiger partial charge in [0.2, 0.25) is 0 Å². The monoisotopic (exact) mass is 261 g/mol. The zero-order chi connectivity index (χ0) is 13.7. The third-order valence-electron chi connectivity index (χ3n) is 3.19. The summed E-state index contributed by atoms with van der Waals surface area (Å²) >= 11 is 0. The van der Waals surface area contributed by atoms with Crippen LogP contribution in [0.15, 0.2) is 18.2 Å². The number of aromatic nitrogens is 2. The lowest BCUT2D eigenvalue weighted by atomic mass is 10.3. The molecule has 0 amide bonds. The molecule has 2 N–H and O–H groups in total. The number of nitrogen functional groups attached to an aromatic ring is 1. The van der Waals surface area contributed by atoms with Gasteiger partial charge < -0.3 is 15.0 Å². The van der Waals surface area contributed by atoms with Crippen molar-refractivity contribution in [2.24, 2.45) is 0 Å². The van der Waals surface area contributed by atoms with Crippen LogP contribution in [0.5, 0.6) is 0 Å². The number of aryl methyl sites for hydroxylation is 2. The third-order valence-corrected chi connectivity index (χ3v) is 3.19. The van der Waals surface area contributed by atoms with Gasteiger partial charge >= 0.3 is 0 Å². The van der Waals surface area contributed by atoms with E-state index in [9.17, 15) is 0 Å². The Kier molecular flexibility index (Phi) is 4.80. The Labute approximate surface area is 114 Å². The van der Waals surface area contributed by atoms with Gasteiger partial charge in [0, 0.05) is 31.9 Å². The van der Waals surface area contributed by atoms with Gasteiger partial charge in [-0.3, -0.25) is 0 Å². The fraction of sp³-hybridized carbons (Fsp3) is 0.533. The summed E-state index contributed by atoms with van der Waals surface area (Å²) in [5.74, 6) is 1.12. The van der Waals surface area contributed by atoms with Crippen molar-refractivity contribution in [3.63, 3.8) is 0 Å². The summed E-state index contributed by atoms with van der Waals surface area (Å²) in [6, 6.07) is 5.94. The average molecular weight is 261 g/mol. The van der Waals surface area contributed by atoms with E-state index in [1.54, 1.807) is 0 Å². The number of ether oxygens (including phenoxy) is 1. The van der Waals surface area contributed by atoms with Crippen LogP contribution in [-0.2, 0) is 17.7 Å². The molecule has 0 fully saturated rings. The van der Waals surface area contributed by atoms with Crippen LogP contribution in [0, 0.1) is 0 Å². The minimum atomic E-state index is 0.770. The molecule has 0 saturated heterocycles. The van der Waals surface area contributed by atoms with E-state index in [2.05, 4.69) is 29.5 Å². The molecule has 0 atom stereocenters. The maximum absolute atomic E-state index is 5.81. The van der Waals surface area contributed by atoms with Gasteiger partial charge in [-0.1, -0.05) is 13.8 Å². The smallest absolute Gasteiger partial charge is 0.109 e. The Hall–Kier alpha value is -1.55. The first-order valence-corrected chi connectivity index (χ1v) is 7.08. The van der Waals surface area contributed by atoms with Gasteiger partial charge in [0.15, 0.2) is 0 Å². The number of imidazole rings is 1. The normalized spacial score (nSPS) is 11.3. The highest BCUT2D eigenvalue weighted by Crippen LogP contribution is 2.19. The van der Waals surface area contributed by atoms with Crippen molar-refractivity contribution in [3.8, 4) is 0 Å². The Morgan fingerprint density at radius 3 is 2.84 bits per heavy atom. The van der Waals surface area contributed by atoms with Crippen molar-refractivity contribution < 1.29 is 4.74 Å². The van der Waals surface area contributed by atoms with Crippen molar-refractivity contribution in [2.75, 3.05) is 18.9 Å². The van der Waals surface area contributed by atoms with Crippen molar-refractivity contribution in [3.05, 3.63) is 24.0 Å². The van der Waals surface area contributed by atoms with Crippen LogP contribution in [0.3, 0.4) is 0 Å². The fourth-order valence-electron chi connectivity index (χ4n) is 2.29. The number of benzene rings is 1. The van der Waals surface area contributed by atoms with E-state index in [4.69, 9.17) is 10.5 Å². The van der Waals surface area contributed by atoms with Gasteiger partial charge in [0.1, 0.15) is 5.82 Å². The number of nitrogens with zero attached hydrogens (tertiary/aromatic N) is 2. The van der Waals surface area contributed by atoms with Gasteiger partial charge in [0.25, 0.3) is 0 Å². The quantitative estimate of drug-likeness (QED) is 0.615. The summed E-state index contributed by atoms with van der Waals surface area (Å²) in [5, 5.41) is 0. The molecule has 2 aromatic rings. The van der Waals surface area contributed by atoms with Crippen molar-refractivity contribution >= 4 is 16.7 Å². The van der Waals surface area contributed by atoms with Crippen LogP contribution in [-0.4, -0.2) is 22.8 Å². The molecular formula is C15H23N3O. The Morgan fingerprint density at radius 1 is 1.26 bits per heavy atom. The lowest BCUT2D eigenvalue weighted by Gasteiger charge is -2.08. The average Bonchev–Trinajstić information content (AvgIpc) is 2.75. The number of hydrogen-bond acceptors (Lipinski definition) is 3. The molecule has 0 bridgehead atoms. The van der Waals surface area contributed by atoms with E-state index >= 15 is 0 Å². The molecule has 104 valence electrons. The van der Waals surface area contributed by atoms with Crippen LogP contribution in [0.4, 0.5) is 5.69 Å². The minimum Gasteiger partial charge on any atom is -0.399 e. The lowest BCUT2D eigenvalue weighted by Crippen LogP contribution is -2.06. The van der Waals surface area contributed by atoms with E-state index in [1.165, 1.54) is 5.52 Å². The minimum absolute atomic E-state index is 0.770. The third kappa shape index (κ3) is 3.26. The molecule has 0 spiro atoms. The molecular weight excluding hydrogens is 238 g/mol. The highest BCUT2D eigenvalue weighted by Gasteiger charge is 2.09. The molecule has 0 saturated carbocycles. The fourth-order valence-corrected chi connectivity index (χ4v) is 2.29. The summed E-state index contributed by atoms with van der Waals surface area (Å²) in [6.45, 7) is 6.87. The summed E-state index contributed by atoms with van der Waals surface area (Å²) in [6.07, 6.45) is 3.03. The van der Waals surface area contributed by atoms with Gasteiger partial charge in [-0.25, -0.2) is 4.98 Å². The van der Waals surface area contributed by atoms with Gasteiger partial charge in [-0.2, -0.15) is 0 Å². The zero-order valence-electron chi connectivity index (χ0n) is 11.9. The molecule has 0 aliphatic rings. The van der Waals surface area contributed by atoms with Crippen LogP contribution in [0.1, 0.15) is 32.5 Å². The first-order valence-electron chi connectivity index (χ1n) is 7.08. The maximum atomic E-state index is 5.81. The summed E-state index contributed by atoms with van der Waals surface area (Å²) in [4.78, 5) is 4.65. The molecule has 1 aromatic heterocycles. The van der Waals surface area contributed by atoms with Crippen molar-refractivity contribution in [2.45, 2.75) is 39.7 Å². The summed E-state index contributed by atoms with van der Waals surface area (Å²) in [7, 11) is 0. The zero-order valence-corrected chi connectivity index (χ0v) is 11.9. The van der Waals surface area contributed by atoms with E-state index in [0.717, 1.165) is 56.0 Å². The van der Waals surface area contributed by atoms with Gasteiger partial charge in [-0.05, 0) is 31.0 Å². The standard InChI is InChI=1S/C15H23N3O/c1-3-9-19-10-5-8-18-14-7-6-12(16)11-13(14)17-15(18)4-2/h6-7,11H,3-5,8-10,16H2,1-2H3. The number of rotatable bonds is 7.